The highest BCUT2D eigenvalue weighted by Gasteiger charge is 2.51. The third-order valence-electron chi connectivity index (χ3n) is 7.16. The Labute approximate surface area is 199 Å². The van der Waals surface area contributed by atoms with E-state index < -0.39 is 0 Å². The number of para-hydroxylation sites is 2. The molecule has 3 aliphatic heterocycles. The summed E-state index contributed by atoms with van der Waals surface area (Å²) in [6.45, 7) is 7.07. The standard InChI is InChI=1S/C25H30ClN5O2/c1-2-28-16-19(23-20(17-28)25(33)31(27-23)18-8-4-3-5-9-18)24(32)30-14-12-29(13-15-30)22-11-7-6-10-21(22)26/h3-11,19-20,23,27H,2,12-17H2,1H3. The first-order chi connectivity index (χ1) is 16.1. The van der Waals surface area contributed by atoms with Gasteiger partial charge in [0.05, 0.1) is 34.3 Å². The molecule has 3 saturated heterocycles. The number of nitrogens with one attached hydrogen (secondary N) is 1. The molecule has 0 aromatic heterocycles. The number of piperazine rings is 1. The highest BCUT2D eigenvalue weighted by Crippen LogP contribution is 2.33. The SMILES string of the molecule is CCN1CC(C(=O)N2CCN(c3ccccc3Cl)CC2)C2NN(c3ccccc3)C(=O)C2C1. The maximum Gasteiger partial charge on any atom is 0.247 e. The van der Waals surface area contributed by atoms with Crippen LogP contribution in [0.25, 0.3) is 0 Å². The van der Waals surface area contributed by atoms with Crippen LogP contribution < -0.4 is 15.3 Å². The number of likely N-dealkylation sites (tertiary alicyclic amines) is 1. The monoisotopic (exact) mass is 467 g/mol. The van der Waals surface area contributed by atoms with Crippen LogP contribution in [0.5, 0.6) is 0 Å². The van der Waals surface area contributed by atoms with Crippen LogP contribution >= 0.6 is 11.6 Å². The van der Waals surface area contributed by atoms with Crippen molar-refractivity contribution in [3.05, 3.63) is 59.6 Å². The van der Waals surface area contributed by atoms with E-state index in [-0.39, 0.29) is 29.7 Å². The minimum absolute atomic E-state index is 0.0469. The minimum Gasteiger partial charge on any atom is -0.367 e. The second kappa shape index (κ2) is 9.33. The molecule has 174 valence electrons. The summed E-state index contributed by atoms with van der Waals surface area (Å²) in [4.78, 5) is 33.4. The molecule has 0 saturated carbocycles. The zero-order valence-electron chi connectivity index (χ0n) is 18.9. The zero-order valence-corrected chi connectivity index (χ0v) is 19.6. The van der Waals surface area contributed by atoms with Crippen molar-refractivity contribution in [2.24, 2.45) is 11.8 Å². The lowest BCUT2D eigenvalue weighted by molar-refractivity contribution is -0.139. The van der Waals surface area contributed by atoms with Gasteiger partial charge in [0.2, 0.25) is 11.8 Å². The predicted octanol–water partition coefficient (Wildman–Crippen LogP) is 2.48. The van der Waals surface area contributed by atoms with Gasteiger partial charge in [-0.2, -0.15) is 0 Å². The molecule has 3 fully saturated rings. The summed E-state index contributed by atoms with van der Waals surface area (Å²) in [5, 5.41) is 2.38. The number of fused-ring (bicyclic) bond motifs is 1. The molecule has 3 atom stereocenters. The second-order valence-electron chi connectivity index (χ2n) is 8.99. The fourth-order valence-corrected chi connectivity index (χ4v) is 5.56. The number of hydrogen-bond donors (Lipinski definition) is 1. The second-order valence-corrected chi connectivity index (χ2v) is 9.40. The lowest BCUT2D eigenvalue weighted by Gasteiger charge is -2.42. The van der Waals surface area contributed by atoms with Crippen LogP contribution in [0.15, 0.2) is 54.6 Å². The van der Waals surface area contributed by atoms with Crippen molar-refractivity contribution >= 4 is 34.8 Å². The van der Waals surface area contributed by atoms with Crippen molar-refractivity contribution in [1.29, 1.82) is 0 Å². The fourth-order valence-electron chi connectivity index (χ4n) is 5.31. The maximum absolute atomic E-state index is 13.7. The van der Waals surface area contributed by atoms with Gasteiger partial charge in [0.25, 0.3) is 0 Å². The summed E-state index contributed by atoms with van der Waals surface area (Å²) in [6, 6.07) is 17.3. The molecule has 0 spiro atoms. The Morgan fingerprint density at radius 2 is 1.70 bits per heavy atom. The minimum atomic E-state index is -0.256. The molecule has 8 heteroatoms. The Hall–Kier alpha value is -2.61. The molecule has 0 bridgehead atoms. The average Bonchev–Trinajstić information content (AvgIpc) is 3.20. The van der Waals surface area contributed by atoms with Crippen molar-refractivity contribution < 1.29 is 9.59 Å². The van der Waals surface area contributed by atoms with Crippen molar-refractivity contribution in [3.63, 3.8) is 0 Å². The molecule has 2 aromatic rings. The third-order valence-corrected chi connectivity index (χ3v) is 7.48. The van der Waals surface area contributed by atoms with Gasteiger partial charge in [0.1, 0.15) is 0 Å². The van der Waals surface area contributed by atoms with Gasteiger partial charge >= 0.3 is 0 Å². The van der Waals surface area contributed by atoms with Gasteiger partial charge in [0, 0.05) is 39.3 Å². The molecule has 3 unspecified atom stereocenters. The lowest BCUT2D eigenvalue weighted by atomic mass is 9.83. The molecule has 3 aliphatic rings. The number of hydrogen-bond acceptors (Lipinski definition) is 5. The topological polar surface area (TPSA) is 59.1 Å². The van der Waals surface area contributed by atoms with E-state index in [1.165, 1.54) is 0 Å². The first kappa shape index (κ1) is 22.2. The quantitative estimate of drug-likeness (QED) is 0.748. The van der Waals surface area contributed by atoms with Crippen LogP contribution in [0.3, 0.4) is 0 Å². The van der Waals surface area contributed by atoms with E-state index in [9.17, 15) is 9.59 Å². The van der Waals surface area contributed by atoms with Crippen LogP contribution in [0.4, 0.5) is 11.4 Å². The Bertz CT molecular complexity index is 1010. The number of piperidine rings is 1. The van der Waals surface area contributed by atoms with Crippen molar-refractivity contribution in [2.45, 2.75) is 13.0 Å². The first-order valence-corrected chi connectivity index (χ1v) is 12.1. The number of carbonyl (C=O) groups excluding carboxylic acids is 2. The smallest absolute Gasteiger partial charge is 0.247 e. The van der Waals surface area contributed by atoms with Gasteiger partial charge in [-0.1, -0.05) is 48.9 Å². The number of benzene rings is 2. The molecule has 5 rings (SSSR count). The summed E-state index contributed by atoms with van der Waals surface area (Å²) >= 11 is 6.38. The van der Waals surface area contributed by atoms with Crippen molar-refractivity contribution in [3.8, 4) is 0 Å². The van der Waals surface area contributed by atoms with Gasteiger partial charge < -0.3 is 14.7 Å². The van der Waals surface area contributed by atoms with E-state index >= 15 is 0 Å². The van der Waals surface area contributed by atoms with Gasteiger partial charge in [-0.15, -0.1) is 0 Å². The summed E-state index contributed by atoms with van der Waals surface area (Å²) in [7, 11) is 0. The molecule has 1 N–H and O–H groups in total. The van der Waals surface area contributed by atoms with Gasteiger partial charge in [-0.3, -0.25) is 9.59 Å². The molecular weight excluding hydrogens is 438 g/mol. The van der Waals surface area contributed by atoms with E-state index in [4.69, 9.17) is 11.6 Å². The Morgan fingerprint density at radius 1 is 1.00 bits per heavy atom. The Balaban J connectivity index is 1.31. The number of carbonyl (C=O) groups is 2. The Kier molecular flexibility index (Phi) is 6.27. The van der Waals surface area contributed by atoms with E-state index in [0.717, 1.165) is 36.0 Å². The molecule has 2 amide bonds. The van der Waals surface area contributed by atoms with Crippen molar-refractivity contribution in [1.82, 2.24) is 15.2 Å². The van der Waals surface area contributed by atoms with Crippen LogP contribution in [0.2, 0.25) is 5.02 Å². The zero-order chi connectivity index (χ0) is 22.9. The fraction of sp³-hybridized carbons (Fsp3) is 0.440. The largest absolute Gasteiger partial charge is 0.367 e. The van der Waals surface area contributed by atoms with E-state index in [2.05, 4.69) is 22.1 Å². The summed E-state index contributed by atoms with van der Waals surface area (Å²) in [5.41, 5.74) is 5.23. The van der Waals surface area contributed by atoms with E-state index in [1.54, 1.807) is 5.01 Å². The average molecular weight is 468 g/mol. The van der Waals surface area contributed by atoms with Gasteiger partial charge in [0.15, 0.2) is 0 Å². The molecule has 3 heterocycles. The third kappa shape index (κ3) is 4.21. The Morgan fingerprint density at radius 3 is 2.39 bits per heavy atom. The lowest BCUT2D eigenvalue weighted by Crippen LogP contribution is -2.59. The van der Waals surface area contributed by atoms with Crippen molar-refractivity contribution in [2.75, 3.05) is 55.7 Å². The normalized spacial score (nSPS) is 25.9. The predicted molar refractivity (Wildman–Crippen MR) is 130 cm³/mol. The maximum atomic E-state index is 13.7. The molecule has 0 aliphatic carbocycles. The molecular formula is C25H30ClN5O2. The molecule has 33 heavy (non-hydrogen) atoms. The van der Waals surface area contributed by atoms with Gasteiger partial charge in [-0.25, -0.2) is 10.4 Å². The van der Waals surface area contributed by atoms with Crippen LogP contribution in [0.1, 0.15) is 6.92 Å². The summed E-state index contributed by atoms with van der Waals surface area (Å²) in [6.07, 6.45) is 0. The van der Waals surface area contributed by atoms with Gasteiger partial charge in [-0.05, 0) is 30.8 Å². The van der Waals surface area contributed by atoms with Crippen LogP contribution in [-0.2, 0) is 9.59 Å². The highest BCUT2D eigenvalue weighted by atomic mass is 35.5. The first-order valence-electron chi connectivity index (χ1n) is 11.7. The number of hydrazine groups is 1. The number of halogens is 1. The summed E-state index contributed by atoms with van der Waals surface area (Å²) in [5.74, 6) is -0.298. The summed E-state index contributed by atoms with van der Waals surface area (Å²) < 4.78 is 0. The van der Waals surface area contributed by atoms with Crippen LogP contribution in [-0.4, -0.2) is 73.5 Å². The number of amides is 2. The van der Waals surface area contributed by atoms with E-state index in [1.807, 2.05) is 59.5 Å². The number of rotatable bonds is 4. The van der Waals surface area contributed by atoms with E-state index in [0.29, 0.717) is 26.2 Å². The highest BCUT2D eigenvalue weighted by molar-refractivity contribution is 6.33. The molecule has 7 nitrogen and oxygen atoms in total. The number of nitrogens with zero attached hydrogens (tertiary/aromatic N) is 4. The number of anilines is 2. The molecule has 2 aromatic carbocycles. The molecule has 0 radical (unpaired) electrons. The van der Waals surface area contributed by atoms with Crippen LogP contribution in [0, 0.1) is 11.8 Å².